The van der Waals surface area contributed by atoms with Gasteiger partial charge in [-0.25, -0.2) is 17.2 Å². The van der Waals surface area contributed by atoms with Gasteiger partial charge in [0.1, 0.15) is 0 Å². The number of hydrogen-bond acceptors (Lipinski definition) is 2. The van der Waals surface area contributed by atoms with Crippen LogP contribution in [0.3, 0.4) is 0 Å². The first-order chi connectivity index (χ1) is 4.90. The summed E-state index contributed by atoms with van der Waals surface area (Å²) in [5, 5.41) is 0. The minimum absolute atomic E-state index is 0.281. The predicted molar refractivity (Wildman–Crippen MR) is 37.2 cm³/mol. The first-order valence-corrected chi connectivity index (χ1v) is 5.58. The average Bonchev–Trinajstić information content (AvgIpc) is 2.40. The summed E-state index contributed by atoms with van der Waals surface area (Å²) in [7, 11) is 1.28. The SMILES string of the molecule is O=S(=O)(Cl)C[C@@H]1C[C@H]1C(F)F. The van der Waals surface area contributed by atoms with E-state index < -0.39 is 27.3 Å². The number of hydrogen-bond donors (Lipinski definition) is 0. The van der Waals surface area contributed by atoms with E-state index in [1.165, 1.54) is 0 Å². The highest BCUT2D eigenvalue weighted by Gasteiger charge is 2.45. The van der Waals surface area contributed by atoms with Crippen molar-refractivity contribution in [2.75, 3.05) is 5.75 Å². The van der Waals surface area contributed by atoms with E-state index >= 15 is 0 Å². The Labute approximate surface area is 68.0 Å². The van der Waals surface area contributed by atoms with Gasteiger partial charge >= 0.3 is 0 Å². The lowest BCUT2D eigenvalue weighted by Gasteiger charge is -1.94. The van der Waals surface area contributed by atoms with Gasteiger partial charge in [0.15, 0.2) is 0 Å². The van der Waals surface area contributed by atoms with Crippen molar-refractivity contribution in [1.82, 2.24) is 0 Å². The van der Waals surface area contributed by atoms with Crippen molar-refractivity contribution in [3.8, 4) is 0 Å². The van der Waals surface area contributed by atoms with E-state index in [1.807, 2.05) is 0 Å². The Morgan fingerprint density at radius 3 is 2.36 bits per heavy atom. The molecule has 0 saturated heterocycles. The molecule has 6 heteroatoms. The van der Waals surface area contributed by atoms with Gasteiger partial charge in [-0.1, -0.05) is 0 Å². The normalized spacial score (nSPS) is 30.9. The Kier molecular flexibility index (Phi) is 2.39. The van der Waals surface area contributed by atoms with Gasteiger partial charge < -0.3 is 0 Å². The third kappa shape index (κ3) is 2.91. The lowest BCUT2D eigenvalue weighted by Crippen LogP contribution is -2.04. The Morgan fingerprint density at radius 1 is 1.55 bits per heavy atom. The number of alkyl halides is 2. The highest BCUT2D eigenvalue weighted by atomic mass is 35.7. The summed E-state index contributed by atoms with van der Waals surface area (Å²) in [5.41, 5.74) is 0. The van der Waals surface area contributed by atoms with E-state index in [1.54, 1.807) is 0 Å². The Balaban J connectivity index is 2.35. The summed E-state index contributed by atoms with van der Waals surface area (Å²) >= 11 is 0. The van der Waals surface area contributed by atoms with Crippen LogP contribution in [0.25, 0.3) is 0 Å². The smallest absolute Gasteiger partial charge is 0.212 e. The molecule has 0 bridgehead atoms. The van der Waals surface area contributed by atoms with Crippen LogP contribution in [0.5, 0.6) is 0 Å². The van der Waals surface area contributed by atoms with E-state index in [4.69, 9.17) is 10.7 Å². The van der Waals surface area contributed by atoms with Crippen LogP contribution in [0.4, 0.5) is 8.78 Å². The molecule has 1 rings (SSSR count). The standard InChI is InChI=1S/C5H7ClF2O2S/c6-11(9,10)2-3-1-4(3)5(7)8/h3-5H,1-2H2/t3-,4+/m0/s1. The first kappa shape index (κ1) is 9.19. The zero-order valence-electron chi connectivity index (χ0n) is 5.50. The van der Waals surface area contributed by atoms with Gasteiger partial charge in [-0.3, -0.25) is 0 Å². The molecule has 1 aliphatic carbocycles. The summed E-state index contributed by atoms with van der Waals surface area (Å²) in [6.07, 6.45) is -2.12. The predicted octanol–water partition coefficient (Wildman–Crippen LogP) is 1.46. The fraction of sp³-hybridized carbons (Fsp3) is 1.00. The second-order valence-electron chi connectivity index (χ2n) is 2.70. The molecule has 0 amide bonds. The molecule has 0 aromatic carbocycles. The molecule has 0 radical (unpaired) electrons. The molecule has 0 N–H and O–H groups in total. The van der Waals surface area contributed by atoms with Crippen LogP contribution < -0.4 is 0 Å². The second-order valence-corrected chi connectivity index (χ2v) is 5.52. The van der Waals surface area contributed by atoms with Gasteiger partial charge in [-0.05, 0) is 12.3 Å². The van der Waals surface area contributed by atoms with Gasteiger partial charge in [0, 0.05) is 16.6 Å². The van der Waals surface area contributed by atoms with Crippen LogP contribution in [0.2, 0.25) is 0 Å². The molecule has 0 aromatic heterocycles. The molecule has 0 aliphatic heterocycles. The highest BCUT2D eigenvalue weighted by Crippen LogP contribution is 2.44. The fourth-order valence-corrected chi connectivity index (χ4v) is 2.41. The molecule has 2 nitrogen and oxygen atoms in total. The average molecular weight is 205 g/mol. The van der Waals surface area contributed by atoms with Crippen LogP contribution >= 0.6 is 10.7 Å². The molecule has 0 aromatic rings. The van der Waals surface area contributed by atoms with Gasteiger partial charge in [-0.2, -0.15) is 0 Å². The van der Waals surface area contributed by atoms with Gasteiger partial charge in [0.25, 0.3) is 0 Å². The van der Waals surface area contributed by atoms with Crippen LogP contribution in [0.1, 0.15) is 6.42 Å². The second kappa shape index (κ2) is 2.86. The molecule has 0 heterocycles. The molecule has 1 aliphatic rings. The summed E-state index contributed by atoms with van der Waals surface area (Å²) in [6.45, 7) is 0. The van der Waals surface area contributed by atoms with E-state index in [0.29, 0.717) is 0 Å². The van der Waals surface area contributed by atoms with Crippen LogP contribution in [-0.2, 0) is 9.05 Å². The van der Waals surface area contributed by atoms with Crippen LogP contribution in [0, 0.1) is 11.8 Å². The molecule has 11 heavy (non-hydrogen) atoms. The first-order valence-electron chi connectivity index (χ1n) is 3.10. The van der Waals surface area contributed by atoms with Gasteiger partial charge in [0.05, 0.1) is 5.75 Å². The van der Waals surface area contributed by atoms with Crippen LogP contribution in [-0.4, -0.2) is 20.6 Å². The van der Waals surface area contributed by atoms with Crippen molar-refractivity contribution in [2.45, 2.75) is 12.8 Å². The summed E-state index contributed by atoms with van der Waals surface area (Å²) in [5.74, 6) is -1.48. The molecule has 1 fully saturated rings. The third-order valence-electron chi connectivity index (χ3n) is 1.71. The third-order valence-corrected chi connectivity index (χ3v) is 2.92. The van der Waals surface area contributed by atoms with Crippen molar-refractivity contribution < 1.29 is 17.2 Å². The minimum Gasteiger partial charge on any atom is -0.212 e. The molecule has 2 atom stereocenters. The molecule has 0 unspecified atom stereocenters. The largest absolute Gasteiger partial charge is 0.241 e. The maximum Gasteiger partial charge on any atom is 0.241 e. The molecule has 1 saturated carbocycles. The summed E-state index contributed by atoms with van der Waals surface area (Å²) in [4.78, 5) is 0. The lowest BCUT2D eigenvalue weighted by atomic mass is 10.4. The minimum atomic E-state index is -3.59. The highest BCUT2D eigenvalue weighted by molar-refractivity contribution is 8.13. The molecular weight excluding hydrogens is 198 g/mol. The number of halogens is 3. The quantitative estimate of drug-likeness (QED) is 0.653. The van der Waals surface area contributed by atoms with Crippen molar-refractivity contribution in [2.24, 2.45) is 11.8 Å². The lowest BCUT2D eigenvalue weighted by molar-refractivity contribution is 0.117. The molecule has 66 valence electrons. The Hall–Kier alpha value is 0.1000. The fourth-order valence-electron chi connectivity index (χ4n) is 1.03. The summed E-state index contributed by atoms with van der Waals surface area (Å²) < 4.78 is 44.4. The van der Waals surface area contributed by atoms with E-state index in [9.17, 15) is 17.2 Å². The number of rotatable bonds is 3. The maximum absolute atomic E-state index is 11.8. The Bertz CT molecular complexity index is 239. The topological polar surface area (TPSA) is 34.1 Å². The van der Waals surface area contributed by atoms with Crippen molar-refractivity contribution >= 4 is 19.7 Å². The van der Waals surface area contributed by atoms with Crippen molar-refractivity contribution in [3.05, 3.63) is 0 Å². The van der Waals surface area contributed by atoms with Gasteiger partial charge in [0.2, 0.25) is 15.5 Å². The van der Waals surface area contributed by atoms with Crippen molar-refractivity contribution in [3.63, 3.8) is 0 Å². The monoisotopic (exact) mass is 204 g/mol. The maximum atomic E-state index is 11.8. The molecular formula is C5H7ClF2O2S. The van der Waals surface area contributed by atoms with E-state index in [-0.39, 0.29) is 12.2 Å². The van der Waals surface area contributed by atoms with Crippen molar-refractivity contribution in [1.29, 1.82) is 0 Å². The van der Waals surface area contributed by atoms with E-state index in [0.717, 1.165) is 0 Å². The molecule has 0 spiro atoms. The zero-order valence-corrected chi connectivity index (χ0v) is 7.08. The summed E-state index contributed by atoms with van der Waals surface area (Å²) in [6, 6.07) is 0. The van der Waals surface area contributed by atoms with E-state index in [2.05, 4.69) is 0 Å². The van der Waals surface area contributed by atoms with Gasteiger partial charge in [-0.15, -0.1) is 0 Å². The zero-order chi connectivity index (χ0) is 8.65. The Morgan fingerprint density at radius 2 is 2.09 bits per heavy atom. The van der Waals surface area contributed by atoms with Crippen LogP contribution in [0.15, 0.2) is 0 Å².